The molecule has 2 saturated carbocycles. The zero-order valence-corrected chi connectivity index (χ0v) is 98.8. The van der Waals surface area contributed by atoms with E-state index >= 15 is 0 Å². The highest BCUT2D eigenvalue weighted by Crippen LogP contribution is 2.43. The molecule has 8 unspecified atom stereocenters. The number of ether oxygens (including phenoxy) is 8. The van der Waals surface area contributed by atoms with Gasteiger partial charge in [0.05, 0.1) is 64.1 Å². The first-order valence-electron chi connectivity index (χ1n) is 50.4. The zero-order chi connectivity index (χ0) is 105. The van der Waals surface area contributed by atoms with Crippen molar-refractivity contribution in [2.75, 3.05) is 217 Å². The van der Waals surface area contributed by atoms with Crippen molar-refractivity contribution in [3.63, 3.8) is 0 Å². The van der Waals surface area contributed by atoms with Gasteiger partial charge in [-0.1, -0.05) is 87.0 Å². The van der Waals surface area contributed by atoms with E-state index in [0.29, 0.717) is 192 Å². The van der Waals surface area contributed by atoms with Crippen LogP contribution in [0.4, 0.5) is 0 Å². The zero-order valence-electron chi connectivity index (χ0n) is 90.8. The van der Waals surface area contributed by atoms with Crippen molar-refractivity contribution < 1.29 is 154 Å². The summed E-state index contributed by atoms with van der Waals surface area (Å²) < 4.78 is 176. The molecule has 2 aliphatic carbocycles. The standard InChI is InChI=1S/C16H26O3Si.C14H28O4Si.C13H26O5Si.C13H20O3Si.C12H26O5Si.C11H22O4Si.C10H20O5Si.C9H20O5Si/c1-5-15-9-11-16(12-10-15)13-14-20(17-6-2,18-7-3)19-8-4;1-4-15-19(16-5-2,17-6-3)10-9-12-7-8-13-14(11-12)18-13;1-6-16-19(17-7-2,18-8-3)11-9-10-15-13(14)12(4)5;1-5-12-6-8-13(9-7-12)10-11-17(14-2,15-3)16-4;1-4-15-18(16-5-2,17-6-3)9-7-8-13-10-12-11-14-12;1-12-16(13-2,14-3)7-6-9-4-5-10-11(8-9)15-10;1-9(2)10(11)15-7-6-8-16(12-3,13-4)14-5;1-10-15(11-2,12-3)6-4-5-13-7-9-8-14-9/h5,9-12H,1,6-8,13-14H2,2-4H3;12-14H,4-11H2,1-3H3;4,6-11H2,1-3,5H3;5-9H,1,10-11H2,2-4H3;12H,4-11H2,1-3H3;9-11H,4-8H2,1-3H3;1,6-8H2,2-5H3;9H,4-8H2,1-3H3. The molecule has 0 N–H and O–H groups in total. The number of rotatable bonds is 72. The molecule has 0 amide bonds. The lowest BCUT2D eigenvalue weighted by Crippen LogP contribution is -2.46. The maximum atomic E-state index is 11.2. The van der Waals surface area contributed by atoms with Gasteiger partial charge in [0.2, 0.25) is 0 Å². The largest absolute Gasteiger partial charge is 0.501 e. The number of aryl methyl sites for hydroxylation is 2. The molecule has 2 aromatic carbocycles. The third-order valence-electron chi connectivity index (χ3n) is 23.3. The summed E-state index contributed by atoms with van der Waals surface area (Å²) in [6.45, 7) is 54.0. The van der Waals surface area contributed by atoms with Crippen molar-refractivity contribution in [3.05, 3.63) is 108 Å². The summed E-state index contributed by atoms with van der Waals surface area (Å²) in [5, 5.41) is 0. The second-order valence-electron chi connectivity index (χ2n) is 33.2. The molecule has 4 saturated heterocycles. The van der Waals surface area contributed by atoms with Crippen molar-refractivity contribution in [2.24, 2.45) is 11.8 Å². The highest BCUT2D eigenvalue weighted by molar-refractivity contribution is 6.63. The van der Waals surface area contributed by atoms with Crippen LogP contribution in [0.1, 0.15) is 196 Å². The average Bonchev–Trinajstić information content (AvgIpc) is 1.66. The first kappa shape index (κ1) is 135. The first-order chi connectivity index (χ1) is 67.4. The van der Waals surface area contributed by atoms with Crippen LogP contribution in [0, 0.1) is 11.8 Å². The second kappa shape index (κ2) is 79.0. The van der Waals surface area contributed by atoms with Crippen LogP contribution in [-0.2, 0) is 167 Å². The van der Waals surface area contributed by atoms with Gasteiger partial charge in [-0.3, -0.25) is 0 Å². The summed E-state index contributed by atoms with van der Waals surface area (Å²) in [6.07, 6.45) is 21.3. The number of hydrogen-bond donors (Lipinski definition) is 0. The molecular formula is C98H188O34Si8. The predicted octanol–water partition coefficient (Wildman–Crippen LogP) is 17.9. The molecule has 34 nitrogen and oxygen atoms in total. The Morgan fingerprint density at radius 1 is 0.321 bits per heavy atom. The van der Waals surface area contributed by atoms with Gasteiger partial charge >= 0.3 is 82.4 Å². The van der Waals surface area contributed by atoms with Crippen LogP contribution in [0.25, 0.3) is 12.2 Å². The topological polar surface area (TPSA) is 343 Å². The van der Waals surface area contributed by atoms with Crippen molar-refractivity contribution in [2.45, 2.75) is 272 Å². The van der Waals surface area contributed by atoms with E-state index in [9.17, 15) is 9.59 Å². The molecule has 8 rings (SSSR count). The number of fused-ring (bicyclic) bond motifs is 2. The first-order valence-corrected chi connectivity index (χ1v) is 65.9. The molecule has 140 heavy (non-hydrogen) atoms. The summed E-state index contributed by atoms with van der Waals surface area (Å²) >= 11 is 0. The summed E-state index contributed by atoms with van der Waals surface area (Å²) in [7, 11) is -0.247. The van der Waals surface area contributed by atoms with Crippen molar-refractivity contribution in [1.29, 1.82) is 0 Å². The van der Waals surface area contributed by atoms with Crippen molar-refractivity contribution in [1.82, 2.24) is 0 Å². The van der Waals surface area contributed by atoms with Gasteiger partial charge in [0, 0.05) is 237 Å². The van der Waals surface area contributed by atoms with Crippen molar-refractivity contribution in [3.8, 4) is 0 Å². The number of epoxide rings is 4. The Hall–Kier alpha value is -3.12. The van der Waals surface area contributed by atoms with E-state index in [0.717, 1.165) is 111 Å². The number of carbonyl (C=O) groups excluding carboxylic acids is 2. The molecule has 6 aliphatic rings. The average molecular weight is 2140 g/mol. The highest BCUT2D eigenvalue weighted by atomic mass is 28.4. The van der Waals surface area contributed by atoms with Crippen molar-refractivity contribution >= 4 is 94.5 Å². The quantitative estimate of drug-likeness (QED) is 0.0195. The Morgan fingerprint density at radius 3 is 0.793 bits per heavy atom. The molecule has 8 atom stereocenters. The number of esters is 2. The molecule has 2 aromatic rings. The van der Waals surface area contributed by atoms with Gasteiger partial charge in [-0.25, -0.2) is 9.59 Å². The Morgan fingerprint density at radius 2 is 0.550 bits per heavy atom. The van der Waals surface area contributed by atoms with Gasteiger partial charge in [-0.15, -0.1) is 0 Å². The van der Waals surface area contributed by atoms with E-state index in [-0.39, 0.29) is 11.9 Å². The smallest absolute Gasteiger partial charge is 0.462 e. The van der Waals surface area contributed by atoms with E-state index in [1.54, 1.807) is 99.2 Å². The van der Waals surface area contributed by atoms with Crippen LogP contribution in [0.5, 0.6) is 0 Å². The Bertz CT molecular complexity index is 3340. The predicted molar refractivity (Wildman–Crippen MR) is 561 cm³/mol. The van der Waals surface area contributed by atoms with Gasteiger partial charge < -0.3 is 144 Å². The Kier molecular flexibility index (Phi) is 76.1. The minimum absolute atomic E-state index is 0.316. The van der Waals surface area contributed by atoms with E-state index in [1.165, 1.54) is 49.7 Å². The molecule has 0 aromatic heterocycles. The Labute approximate surface area is 852 Å². The van der Waals surface area contributed by atoms with Crippen LogP contribution >= 0.6 is 0 Å². The maximum Gasteiger partial charge on any atom is 0.501 e. The molecule has 4 heterocycles. The van der Waals surface area contributed by atoms with E-state index in [2.05, 4.69) is 74.8 Å². The SMILES string of the molecule is C=C(C)C(=O)OCCC[Si](OC)(OC)OC.C=C(C)C(=O)OCCC[Si](OCC)(OCC)OCC.C=Cc1ccc(CC[Si](OC)(OC)OC)cc1.C=Cc1ccc(CC[Si](OCC)(OCC)OCC)cc1.CCO[Si](CCC1CCC2OC2C1)(OCC)OCC.CCO[Si](CCCOCC1CO1)(OCC)OCC.CO[Si](CCC1CCC2OC2C1)(OC)OC.CO[Si](CCCOCC1CO1)(OC)OC. The summed E-state index contributed by atoms with van der Waals surface area (Å²) in [4.78, 5) is 22.3. The minimum atomic E-state index is -2.61. The lowest BCUT2D eigenvalue weighted by Gasteiger charge is -2.30. The molecule has 42 heteroatoms. The third kappa shape index (κ3) is 56.5. The molecule has 6 fully saturated rings. The Balaban J connectivity index is 0.000000801. The molecule has 0 bridgehead atoms. The molecular weight excluding hydrogens is 1950 g/mol. The number of carbonyl (C=O) groups is 2. The van der Waals surface area contributed by atoms with E-state index in [4.69, 9.17) is 144 Å². The van der Waals surface area contributed by atoms with E-state index < -0.39 is 70.4 Å². The van der Waals surface area contributed by atoms with Gasteiger partial charge in [0.1, 0.15) is 12.2 Å². The van der Waals surface area contributed by atoms with Gasteiger partial charge in [-0.05, 0) is 221 Å². The summed E-state index contributed by atoms with van der Waals surface area (Å²) in [5.41, 5.74) is 5.58. The summed E-state index contributed by atoms with van der Waals surface area (Å²) in [5.74, 6) is 0.782. The van der Waals surface area contributed by atoms with Gasteiger partial charge in [0.25, 0.3) is 0 Å². The molecule has 0 radical (unpaired) electrons. The van der Waals surface area contributed by atoms with Gasteiger partial charge in [0.15, 0.2) is 0 Å². The van der Waals surface area contributed by atoms with Crippen LogP contribution in [0.15, 0.2) is 86.0 Å². The van der Waals surface area contributed by atoms with Gasteiger partial charge in [-0.2, -0.15) is 0 Å². The molecule has 4 aliphatic heterocycles. The maximum absolute atomic E-state index is 11.2. The number of hydrogen-bond acceptors (Lipinski definition) is 34. The van der Waals surface area contributed by atoms with Crippen LogP contribution in [0.3, 0.4) is 0 Å². The fraction of sp³-hybridized carbons (Fsp3) is 0.776. The third-order valence-corrected chi connectivity index (χ3v) is 46.9. The minimum Gasteiger partial charge on any atom is -0.462 e. The monoisotopic (exact) mass is 2130 g/mol. The van der Waals surface area contributed by atoms with E-state index in [1.807, 2.05) is 95.2 Å². The lowest BCUT2D eigenvalue weighted by molar-refractivity contribution is -0.139. The normalized spacial score (nSPS) is 18.5. The fourth-order valence-corrected chi connectivity index (χ4v) is 32.9. The van der Waals surface area contributed by atoms with Crippen LogP contribution < -0.4 is 0 Å². The number of benzene rings is 2. The second-order valence-corrected chi connectivity index (χ2v) is 56.5. The van der Waals surface area contributed by atoms with Crippen LogP contribution in [0.2, 0.25) is 48.4 Å². The summed E-state index contributed by atoms with van der Waals surface area (Å²) in [6, 6.07) is 23.0. The lowest BCUT2D eigenvalue weighted by atomic mass is 9.88. The molecule has 0 spiro atoms. The molecule has 816 valence electrons. The highest BCUT2D eigenvalue weighted by Gasteiger charge is 2.49. The fourth-order valence-electron chi connectivity index (χ4n) is 15.4. The van der Waals surface area contributed by atoms with Crippen LogP contribution in [-0.4, -0.2) is 336 Å².